The van der Waals surface area contributed by atoms with Gasteiger partial charge in [-0.3, -0.25) is 0 Å². The highest BCUT2D eigenvalue weighted by molar-refractivity contribution is 7.99. The molecule has 2 nitrogen and oxygen atoms in total. The molecule has 16 heavy (non-hydrogen) atoms. The van der Waals surface area contributed by atoms with E-state index in [9.17, 15) is 0 Å². The Hall–Kier alpha value is -0.670. The number of thioether (sulfide) groups is 1. The van der Waals surface area contributed by atoms with Gasteiger partial charge < -0.3 is 10.5 Å². The first kappa shape index (κ1) is 13.4. The highest BCUT2D eigenvalue weighted by Crippen LogP contribution is 2.26. The van der Waals surface area contributed by atoms with Crippen molar-refractivity contribution in [1.29, 1.82) is 0 Å². The molecule has 0 bridgehead atoms. The minimum Gasteiger partial charge on any atom is -0.491 e. The second-order valence-electron chi connectivity index (χ2n) is 4.14. The topological polar surface area (TPSA) is 35.2 Å². The lowest BCUT2D eigenvalue weighted by molar-refractivity contribution is 0.242. The maximum absolute atomic E-state index is 5.59. The lowest BCUT2D eigenvalue weighted by Crippen LogP contribution is -2.07. The zero-order chi connectivity index (χ0) is 12.0. The Kier molecular flexibility index (Phi) is 5.71. The van der Waals surface area contributed by atoms with Crippen molar-refractivity contribution in [3.8, 4) is 5.75 Å². The molecule has 3 heteroatoms. The lowest BCUT2D eigenvalue weighted by Gasteiger charge is -2.12. The third kappa shape index (κ3) is 4.90. The summed E-state index contributed by atoms with van der Waals surface area (Å²) in [6.45, 7) is 7.02. The third-order valence-corrected chi connectivity index (χ3v) is 3.29. The summed E-state index contributed by atoms with van der Waals surface area (Å²) in [5, 5.41) is 0.571. The number of ether oxygens (including phenoxy) is 1. The highest BCUT2D eigenvalue weighted by Gasteiger charge is 2.04. The summed E-state index contributed by atoms with van der Waals surface area (Å²) >= 11 is 1.86. The Labute approximate surface area is 103 Å². The van der Waals surface area contributed by atoms with Crippen molar-refractivity contribution in [3.05, 3.63) is 24.3 Å². The van der Waals surface area contributed by atoms with Crippen molar-refractivity contribution < 1.29 is 4.74 Å². The molecule has 0 aliphatic heterocycles. The van der Waals surface area contributed by atoms with Gasteiger partial charge in [-0.15, -0.1) is 11.8 Å². The molecule has 2 N–H and O–H groups in total. The molecule has 90 valence electrons. The molecule has 0 saturated heterocycles. The van der Waals surface area contributed by atoms with Crippen molar-refractivity contribution in [2.24, 2.45) is 5.73 Å². The molecular formula is C13H21NOS. The van der Waals surface area contributed by atoms with Crippen LogP contribution in [0.25, 0.3) is 0 Å². The molecule has 1 atom stereocenters. The molecule has 1 aromatic carbocycles. The first-order valence-electron chi connectivity index (χ1n) is 5.75. The van der Waals surface area contributed by atoms with Gasteiger partial charge in [0.05, 0.1) is 6.10 Å². The van der Waals surface area contributed by atoms with Crippen molar-refractivity contribution in [2.45, 2.75) is 43.4 Å². The summed E-state index contributed by atoms with van der Waals surface area (Å²) in [5.41, 5.74) is 5.53. The van der Waals surface area contributed by atoms with E-state index in [0.29, 0.717) is 5.25 Å². The fourth-order valence-corrected chi connectivity index (χ4v) is 2.41. The average molecular weight is 239 g/mol. The Bertz CT molecular complexity index is 297. The van der Waals surface area contributed by atoms with Crippen LogP contribution in [0, 0.1) is 0 Å². The highest BCUT2D eigenvalue weighted by atomic mass is 32.2. The minimum absolute atomic E-state index is 0.231. The summed E-state index contributed by atoms with van der Waals surface area (Å²) < 4.78 is 5.59. The monoisotopic (exact) mass is 239 g/mol. The van der Waals surface area contributed by atoms with Gasteiger partial charge in [0.25, 0.3) is 0 Å². The van der Waals surface area contributed by atoms with Gasteiger partial charge in [0.2, 0.25) is 0 Å². The van der Waals surface area contributed by atoms with Gasteiger partial charge in [-0.25, -0.2) is 0 Å². The largest absolute Gasteiger partial charge is 0.491 e. The van der Waals surface area contributed by atoms with E-state index in [0.717, 1.165) is 18.7 Å². The van der Waals surface area contributed by atoms with E-state index in [1.165, 1.54) is 4.90 Å². The number of rotatable bonds is 6. The number of hydrogen-bond acceptors (Lipinski definition) is 3. The molecule has 0 saturated carbocycles. The van der Waals surface area contributed by atoms with Crippen LogP contribution in [0.15, 0.2) is 29.2 Å². The quantitative estimate of drug-likeness (QED) is 0.774. The van der Waals surface area contributed by atoms with Crippen LogP contribution >= 0.6 is 11.8 Å². The number of benzene rings is 1. The summed E-state index contributed by atoms with van der Waals surface area (Å²) in [6, 6.07) is 8.26. The van der Waals surface area contributed by atoms with Crippen LogP contribution in [0.3, 0.4) is 0 Å². The van der Waals surface area contributed by atoms with E-state index in [-0.39, 0.29) is 6.10 Å². The van der Waals surface area contributed by atoms with Crippen molar-refractivity contribution in [1.82, 2.24) is 0 Å². The predicted molar refractivity (Wildman–Crippen MR) is 71.2 cm³/mol. The third-order valence-electron chi connectivity index (χ3n) is 2.11. The Morgan fingerprint density at radius 1 is 1.19 bits per heavy atom. The SMILES string of the molecule is CC(C)Oc1ccc(SC(C)CCN)cc1. The second-order valence-corrected chi connectivity index (χ2v) is 5.66. The van der Waals surface area contributed by atoms with Gasteiger partial charge in [0, 0.05) is 10.1 Å². The molecule has 0 heterocycles. The first-order chi connectivity index (χ1) is 7.61. The molecule has 0 aromatic heterocycles. The summed E-state index contributed by atoms with van der Waals surface area (Å²) in [4.78, 5) is 1.28. The molecule has 0 fully saturated rings. The Balaban J connectivity index is 2.50. The second kappa shape index (κ2) is 6.81. The van der Waals surface area contributed by atoms with E-state index < -0.39 is 0 Å². The first-order valence-corrected chi connectivity index (χ1v) is 6.63. The van der Waals surface area contributed by atoms with E-state index in [1.807, 2.05) is 37.7 Å². The van der Waals surface area contributed by atoms with Crippen molar-refractivity contribution in [3.63, 3.8) is 0 Å². The number of nitrogens with two attached hydrogens (primary N) is 1. The Morgan fingerprint density at radius 2 is 1.81 bits per heavy atom. The fraction of sp³-hybridized carbons (Fsp3) is 0.538. The van der Waals surface area contributed by atoms with Crippen LogP contribution in [-0.2, 0) is 0 Å². The minimum atomic E-state index is 0.231. The Morgan fingerprint density at radius 3 is 2.31 bits per heavy atom. The molecule has 0 aliphatic carbocycles. The van der Waals surface area contributed by atoms with Gasteiger partial charge in [0.1, 0.15) is 5.75 Å². The van der Waals surface area contributed by atoms with E-state index in [4.69, 9.17) is 10.5 Å². The van der Waals surface area contributed by atoms with Gasteiger partial charge in [-0.2, -0.15) is 0 Å². The van der Waals surface area contributed by atoms with E-state index in [1.54, 1.807) is 0 Å². The van der Waals surface area contributed by atoms with Crippen molar-refractivity contribution in [2.75, 3.05) is 6.54 Å². The van der Waals surface area contributed by atoms with E-state index >= 15 is 0 Å². The molecule has 0 spiro atoms. The molecular weight excluding hydrogens is 218 g/mol. The predicted octanol–water partition coefficient (Wildman–Crippen LogP) is 3.30. The van der Waals surface area contributed by atoms with Gasteiger partial charge in [-0.05, 0) is 51.1 Å². The standard InChI is InChI=1S/C13H21NOS/c1-10(2)15-12-4-6-13(7-5-12)16-11(3)8-9-14/h4-7,10-11H,8-9,14H2,1-3H3. The van der Waals surface area contributed by atoms with Gasteiger partial charge >= 0.3 is 0 Å². The molecule has 0 amide bonds. The summed E-state index contributed by atoms with van der Waals surface area (Å²) in [6.07, 6.45) is 1.28. The molecule has 0 aliphatic rings. The summed E-state index contributed by atoms with van der Waals surface area (Å²) in [7, 11) is 0. The van der Waals surface area contributed by atoms with Crippen molar-refractivity contribution >= 4 is 11.8 Å². The fourth-order valence-electron chi connectivity index (χ4n) is 1.39. The zero-order valence-corrected chi connectivity index (χ0v) is 11.1. The summed E-state index contributed by atoms with van der Waals surface area (Å²) in [5.74, 6) is 0.936. The maximum atomic E-state index is 5.59. The van der Waals surface area contributed by atoms with Crippen LogP contribution in [0.4, 0.5) is 0 Å². The molecule has 1 rings (SSSR count). The molecule has 1 aromatic rings. The lowest BCUT2D eigenvalue weighted by atomic mass is 10.3. The maximum Gasteiger partial charge on any atom is 0.119 e. The van der Waals surface area contributed by atoms with Crippen LogP contribution in [0.5, 0.6) is 5.75 Å². The smallest absolute Gasteiger partial charge is 0.119 e. The zero-order valence-electron chi connectivity index (χ0n) is 10.3. The molecule has 1 unspecified atom stereocenters. The van der Waals surface area contributed by atoms with Gasteiger partial charge in [0.15, 0.2) is 0 Å². The molecule has 0 radical (unpaired) electrons. The number of hydrogen-bond donors (Lipinski definition) is 1. The van der Waals surface area contributed by atoms with Crippen LogP contribution in [0.2, 0.25) is 0 Å². The normalized spacial score (nSPS) is 12.8. The van der Waals surface area contributed by atoms with Gasteiger partial charge in [-0.1, -0.05) is 6.92 Å². The van der Waals surface area contributed by atoms with Crippen LogP contribution in [0.1, 0.15) is 27.2 Å². The average Bonchev–Trinajstić information content (AvgIpc) is 2.20. The van der Waals surface area contributed by atoms with E-state index in [2.05, 4.69) is 19.1 Å². The van der Waals surface area contributed by atoms with Crippen LogP contribution in [-0.4, -0.2) is 17.9 Å². The van der Waals surface area contributed by atoms with Crippen LogP contribution < -0.4 is 10.5 Å².